The fourth-order valence-electron chi connectivity index (χ4n) is 3.70. The van der Waals surface area contributed by atoms with Crippen molar-refractivity contribution in [1.29, 1.82) is 5.41 Å². The Morgan fingerprint density at radius 2 is 1.94 bits per heavy atom. The van der Waals surface area contributed by atoms with Crippen LogP contribution in [0, 0.1) is 22.5 Å². The number of nitrogens with two attached hydrogens (primary N) is 1. The van der Waals surface area contributed by atoms with E-state index < -0.39 is 5.41 Å². The second-order valence-electron chi connectivity index (χ2n) is 7.56. The van der Waals surface area contributed by atoms with Gasteiger partial charge in [-0.3, -0.25) is 0 Å². The molecule has 6 heteroatoms. The number of halogens is 2. The van der Waals surface area contributed by atoms with E-state index in [1.54, 1.807) is 36.0 Å². The Morgan fingerprint density at radius 1 is 1.16 bits per heavy atom. The molecule has 0 saturated carbocycles. The fourth-order valence-corrected chi connectivity index (χ4v) is 4.63. The quantitative estimate of drug-likeness (QED) is 0.239. The molecule has 0 amide bonds. The Morgan fingerprint density at radius 3 is 2.58 bits per heavy atom. The lowest BCUT2D eigenvalue weighted by molar-refractivity contribution is 0.455. The van der Waals surface area contributed by atoms with Crippen LogP contribution in [-0.4, -0.2) is 18.5 Å². The molecule has 0 heterocycles. The van der Waals surface area contributed by atoms with Crippen LogP contribution in [0.3, 0.4) is 0 Å². The third-order valence-electron chi connectivity index (χ3n) is 5.54. The maximum Gasteiger partial charge on any atom is 0.123 e. The minimum Gasteiger partial charge on any atom is -0.355 e. The van der Waals surface area contributed by atoms with Gasteiger partial charge in [-0.15, -0.1) is 6.58 Å². The summed E-state index contributed by atoms with van der Waals surface area (Å²) in [6.07, 6.45) is 6.65. The maximum atomic E-state index is 13.4. The minimum atomic E-state index is -0.403. The van der Waals surface area contributed by atoms with Crippen LogP contribution in [0.5, 0.6) is 0 Å². The molecule has 4 N–H and O–H groups in total. The smallest absolute Gasteiger partial charge is 0.123 e. The standard InChI is InChI=1S/C25H27F2N3S/c1-2-25(17-29)14-19(15-28)24(30-23-8-6-21(26)7-9-23)13-20(25)10-11-31-16-18-4-3-5-22(27)12-18/h2-9,12-13,15,28,30H,1,10-11,14,16-17,29H2. The molecular formula is C25H27F2N3S. The van der Waals surface area contributed by atoms with Gasteiger partial charge in [0.25, 0.3) is 0 Å². The van der Waals surface area contributed by atoms with E-state index in [1.165, 1.54) is 24.4 Å². The van der Waals surface area contributed by atoms with E-state index in [4.69, 9.17) is 11.1 Å². The van der Waals surface area contributed by atoms with Crippen molar-refractivity contribution >= 4 is 23.7 Å². The van der Waals surface area contributed by atoms with Gasteiger partial charge in [0.05, 0.1) is 0 Å². The number of rotatable bonds is 10. The maximum absolute atomic E-state index is 13.4. The van der Waals surface area contributed by atoms with Crippen LogP contribution < -0.4 is 11.1 Å². The van der Waals surface area contributed by atoms with Crippen molar-refractivity contribution in [3.8, 4) is 0 Å². The van der Waals surface area contributed by atoms with Crippen LogP contribution in [0.4, 0.5) is 14.5 Å². The lowest BCUT2D eigenvalue weighted by Gasteiger charge is -2.37. The molecule has 3 rings (SSSR count). The minimum absolute atomic E-state index is 0.220. The summed E-state index contributed by atoms with van der Waals surface area (Å²) < 4.78 is 26.6. The van der Waals surface area contributed by atoms with Gasteiger partial charge >= 0.3 is 0 Å². The van der Waals surface area contributed by atoms with Crippen LogP contribution in [0.25, 0.3) is 0 Å². The van der Waals surface area contributed by atoms with Gasteiger partial charge in [0.2, 0.25) is 0 Å². The highest BCUT2D eigenvalue weighted by Gasteiger charge is 2.34. The van der Waals surface area contributed by atoms with E-state index >= 15 is 0 Å². The molecule has 2 aromatic rings. The topological polar surface area (TPSA) is 61.9 Å². The normalized spacial score (nSPS) is 18.5. The summed E-state index contributed by atoms with van der Waals surface area (Å²) in [5, 5.41) is 11.2. The highest BCUT2D eigenvalue weighted by atomic mass is 32.2. The number of thioether (sulfide) groups is 1. The molecule has 1 atom stereocenters. The molecule has 2 aromatic carbocycles. The predicted octanol–water partition coefficient (Wildman–Crippen LogP) is 6.07. The van der Waals surface area contributed by atoms with Gasteiger partial charge < -0.3 is 16.5 Å². The van der Waals surface area contributed by atoms with Gasteiger partial charge in [-0.1, -0.05) is 23.8 Å². The molecule has 3 nitrogen and oxygen atoms in total. The second-order valence-corrected chi connectivity index (χ2v) is 8.66. The van der Waals surface area contributed by atoms with Crippen LogP contribution in [0.1, 0.15) is 18.4 Å². The van der Waals surface area contributed by atoms with Crippen molar-refractivity contribution in [2.24, 2.45) is 11.1 Å². The number of nitrogens with one attached hydrogen (secondary N) is 2. The molecule has 162 valence electrons. The van der Waals surface area contributed by atoms with Crippen molar-refractivity contribution in [1.82, 2.24) is 0 Å². The lowest BCUT2D eigenvalue weighted by Crippen LogP contribution is -2.34. The Labute approximate surface area is 186 Å². The first kappa shape index (κ1) is 23.0. The first-order valence-electron chi connectivity index (χ1n) is 10.1. The number of benzene rings is 2. The third kappa shape index (κ3) is 5.71. The molecule has 0 aromatic heterocycles. The van der Waals surface area contributed by atoms with Crippen LogP contribution in [-0.2, 0) is 5.75 Å². The van der Waals surface area contributed by atoms with Crippen LogP contribution in [0.2, 0.25) is 0 Å². The van der Waals surface area contributed by atoms with Gasteiger partial charge in [-0.05, 0) is 72.2 Å². The van der Waals surface area contributed by atoms with Crippen molar-refractivity contribution in [2.75, 3.05) is 17.6 Å². The highest BCUT2D eigenvalue weighted by molar-refractivity contribution is 7.98. The largest absolute Gasteiger partial charge is 0.355 e. The SMILES string of the molecule is C=CC1(CN)CC(C=N)=C(Nc2ccc(F)cc2)C=C1CCSCc1cccc(F)c1. The first-order valence-corrected chi connectivity index (χ1v) is 11.3. The number of allylic oxidation sites excluding steroid dienone is 2. The number of hydrogen-bond donors (Lipinski definition) is 3. The molecule has 1 unspecified atom stereocenters. The molecule has 0 bridgehead atoms. The zero-order valence-electron chi connectivity index (χ0n) is 17.3. The lowest BCUT2D eigenvalue weighted by atomic mass is 9.70. The monoisotopic (exact) mass is 439 g/mol. The average Bonchev–Trinajstić information content (AvgIpc) is 2.78. The van der Waals surface area contributed by atoms with Crippen LogP contribution >= 0.6 is 11.8 Å². The first-order chi connectivity index (χ1) is 15.0. The second kappa shape index (κ2) is 10.6. The van der Waals surface area contributed by atoms with Crippen molar-refractivity contribution in [2.45, 2.75) is 18.6 Å². The van der Waals surface area contributed by atoms with E-state index in [1.807, 2.05) is 18.2 Å². The molecule has 0 aliphatic heterocycles. The summed E-state index contributed by atoms with van der Waals surface area (Å²) in [5.74, 6) is 1.07. The zero-order chi connectivity index (χ0) is 22.3. The summed E-state index contributed by atoms with van der Waals surface area (Å²) >= 11 is 1.74. The summed E-state index contributed by atoms with van der Waals surface area (Å²) in [4.78, 5) is 0. The van der Waals surface area contributed by atoms with Gasteiger partial charge in [0.1, 0.15) is 11.6 Å². The van der Waals surface area contributed by atoms with Crippen LogP contribution in [0.15, 0.2) is 84.1 Å². The Balaban J connectivity index is 1.76. The molecule has 0 radical (unpaired) electrons. The molecular weight excluding hydrogens is 412 g/mol. The van der Waals surface area contributed by atoms with E-state index in [0.29, 0.717) is 13.0 Å². The highest BCUT2D eigenvalue weighted by Crippen LogP contribution is 2.42. The molecule has 0 saturated heterocycles. The van der Waals surface area contributed by atoms with E-state index in [0.717, 1.165) is 46.0 Å². The van der Waals surface area contributed by atoms with E-state index in [9.17, 15) is 8.78 Å². The van der Waals surface area contributed by atoms with Gasteiger partial charge in [0.15, 0.2) is 0 Å². The third-order valence-corrected chi connectivity index (χ3v) is 6.57. The molecule has 0 spiro atoms. The van der Waals surface area contributed by atoms with E-state index in [-0.39, 0.29) is 11.6 Å². The molecule has 1 aliphatic carbocycles. The van der Waals surface area contributed by atoms with Crippen molar-refractivity contribution in [3.05, 3.63) is 101 Å². The fraction of sp³-hybridized carbons (Fsp3) is 0.240. The number of hydrogen-bond acceptors (Lipinski definition) is 4. The predicted molar refractivity (Wildman–Crippen MR) is 127 cm³/mol. The molecule has 1 aliphatic rings. The number of anilines is 1. The Bertz CT molecular complexity index is 998. The Kier molecular flexibility index (Phi) is 7.82. The van der Waals surface area contributed by atoms with Gasteiger partial charge in [-0.25, -0.2) is 8.78 Å². The average molecular weight is 440 g/mol. The summed E-state index contributed by atoms with van der Waals surface area (Å²) in [5.41, 5.74) is 10.3. The summed E-state index contributed by atoms with van der Waals surface area (Å²) in [6.45, 7) is 4.42. The zero-order valence-corrected chi connectivity index (χ0v) is 18.2. The van der Waals surface area contributed by atoms with Gasteiger partial charge in [-0.2, -0.15) is 11.8 Å². The van der Waals surface area contributed by atoms with E-state index in [2.05, 4.69) is 11.9 Å². The van der Waals surface area contributed by atoms with Crippen molar-refractivity contribution in [3.63, 3.8) is 0 Å². The van der Waals surface area contributed by atoms with Crippen molar-refractivity contribution < 1.29 is 8.78 Å². The molecule has 0 fully saturated rings. The molecule has 31 heavy (non-hydrogen) atoms. The Hall–Kier alpha value is -2.70. The van der Waals surface area contributed by atoms with Gasteiger partial charge in [0, 0.05) is 35.3 Å². The summed E-state index contributed by atoms with van der Waals surface area (Å²) in [6, 6.07) is 12.8. The summed E-state index contributed by atoms with van der Waals surface area (Å²) in [7, 11) is 0.